The van der Waals surface area contributed by atoms with Gasteiger partial charge in [0.05, 0.1) is 11.3 Å². The van der Waals surface area contributed by atoms with Crippen LogP contribution >= 0.6 is 0 Å². The number of benzene rings is 1. The Hall–Kier alpha value is -1.72. The molecule has 1 fully saturated rings. The molecule has 1 aromatic rings. The summed E-state index contributed by atoms with van der Waals surface area (Å²) in [7, 11) is 0. The van der Waals surface area contributed by atoms with E-state index in [2.05, 4.69) is 10.6 Å². The Kier molecular flexibility index (Phi) is 5.69. The second kappa shape index (κ2) is 7.51. The summed E-state index contributed by atoms with van der Waals surface area (Å²) in [5.41, 5.74) is -1.05. The summed E-state index contributed by atoms with van der Waals surface area (Å²) in [4.78, 5) is 11.7. The van der Waals surface area contributed by atoms with Gasteiger partial charge >= 0.3 is 12.2 Å². The maximum atomic E-state index is 12.8. The fraction of sp³-hybridized carbons (Fsp3) is 0.562. The standard InChI is InChI=1S/C16H21F3N2O/c17-16(18,19)13-8-4-5-9-14(13)21-15(22)20-11-10-12-6-2-1-3-7-12/h4-5,8-9,12H,1-3,6-7,10-11H2,(H2,20,21,22). The van der Waals surface area contributed by atoms with E-state index in [4.69, 9.17) is 0 Å². The molecule has 0 aliphatic heterocycles. The highest BCUT2D eigenvalue weighted by molar-refractivity contribution is 5.90. The van der Waals surface area contributed by atoms with E-state index in [1.165, 1.54) is 50.3 Å². The molecule has 0 heterocycles. The number of para-hydroxylation sites is 1. The maximum Gasteiger partial charge on any atom is 0.418 e. The van der Waals surface area contributed by atoms with Crippen LogP contribution < -0.4 is 10.6 Å². The van der Waals surface area contributed by atoms with Crippen molar-refractivity contribution >= 4 is 11.7 Å². The molecule has 1 saturated carbocycles. The Morgan fingerprint density at radius 3 is 2.50 bits per heavy atom. The van der Waals surface area contributed by atoms with Crippen molar-refractivity contribution in [1.82, 2.24) is 5.32 Å². The van der Waals surface area contributed by atoms with Crippen molar-refractivity contribution in [1.29, 1.82) is 0 Å². The number of carbonyl (C=O) groups is 1. The lowest BCUT2D eigenvalue weighted by atomic mass is 9.87. The lowest BCUT2D eigenvalue weighted by Gasteiger charge is -2.21. The number of anilines is 1. The predicted octanol–water partition coefficient (Wildman–Crippen LogP) is 4.80. The van der Waals surface area contributed by atoms with Gasteiger partial charge in [0.2, 0.25) is 0 Å². The Labute approximate surface area is 128 Å². The molecule has 0 saturated heterocycles. The summed E-state index contributed by atoms with van der Waals surface area (Å²) in [6, 6.07) is 4.38. The lowest BCUT2D eigenvalue weighted by Crippen LogP contribution is -2.31. The number of amides is 2. The van der Waals surface area contributed by atoms with Crippen molar-refractivity contribution in [2.75, 3.05) is 11.9 Å². The Morgan fingerprint density at radius 2 is 1.82 bits per heavy atom. The van der Waals surface area contributed by atoms with Gasteiger partial charge in [-0.3, -0.25) is 0 Å². The largest absolute Gasteiger partial charge is 0.418 e. The molecule has 0 unspecified atom stereocenters. The van der Waals surface area contributed by atoms with Gasteiger partial charge in [-0.25, -0.2) is 4.79 Å². The van der Waals surface area contributed by atoms with Gasteiger partial charge in [0.25, 0.3) is 0 Å². The van der Waals surface area contributed by atoms with E-state index in [1.54, 1.807) is 0 Å². The predicted molar refractivity (Wildman–Crippen MR) is 79.7 cm³/mol. The maximum absolute atomic E-state index is 12.8. The molecule has 6 heteroatoms. The number of urea groups is 1. The van der Waals surface area contributed by atoms with E-state index in [0.29, 0.717) is 12.5 Å². The zero-order chi connectivity index (χ0) is 16.0. The van der Waals surface area contributed by atoms with Gasteiger partial charge in [0, 0.05) is 6.54 Å². The summed E-state index contributed by atoms with van der Waals surface area (Å²) in [6.07, 6.45) is 2.50. The highest BCUT2D eigenvalue weighted by Crippen LogP contribution is 2.34. The first-order valence-electron chi connectivity index (χ1n) is 7.68. The quantitative estimate of drug-likeness (QED) is 0.823. The van der Waals surface area contributed by atoms with Gasteiger partial charge in [-0.15, -0.1) is 0 Å². The van der Waals surface area contributed by atoms with Crippen molar-refractivity contribution in [2.24, 2.45) is 5.92 Å². The van der Waals surface area contributed by atoms with Gasteiger partial charge in [0.1, 0.15) is 0 Å². The monoisotopic (exact) mass is 314 g/mol. The van der Waals surface area contributed by atoms with Crippen molar-refractivity contribution in [2.45, 2.75) is 44.7 Å². The van der Waals surface area contributed by atoms with Crippen LogP contribution in [-0.2, 0) is 6.18 Å². The molecule has 0 radical (unpaired) electrons. The molecule has 2 N–H and O–H groups in total. The molecule has 1 aromatic carbocycles. The zero-order valence-electron chi connectivity index (χ0n) is 12.4. The van der Waals surface area contributed by atoms with Gasteiger partial charge in [-0.1, -0.05) is 44.2 Å². The summed E-state index contributed by atoms with van der Waals surface area (Å²) < 4.78 is 38.5. The third-order valence-corrected chi connectivity index (χ3v) is 4.04. The molecule has 2 rings (SSSR count). The molecule has 1 aliphatic rings. The molecule has 0 aromatic heterocycles. The highest BCUT2D eigenvalue weighted by Gasteiger charge is 2.33. The van der Waals surface area contributed by atoms with Crippen LogP contribution in [0.1, 0.15) is 44.1 Å². The van der Waals surface area contributed by atoms with E-state index in [1.807, 2.05) is 0 Å². The van der Waals surface area contributed by atoms with Gasteiger partial charge in [0.15, 0.2) is 0 Å². The molecule has 0 bridgehead atoms. The molecule has 2 amide bonds. The van der Waals surface area contributed by atoms with Crippen LogP contribution in [0.4, 0.5) is 23.7 Å². The normalized spacial score (nSPS) is 16.3. The summed E-state index contributed by atoms with van der Waals surface area (Å²) in [5, 5.41) is 4.92. The molecular formula is C16H21F3N2O. The fourth-order valence-corrected chi connectivity index (χ4v) is 2.87. The first-order valence-corrected chi connectivity index (χ1v) is 7.68. The van der Waals surface area contributed by atoms with Crippen LogP contribution in [0.3, 0.4) is 0 Å². The molecule has 122 valence electrons. The topological polar surface area (TPSA) is 41.1 Å². The first kappa shape index (κ1) is 16.6. The summed E-state index contributed by atoms with van der Waals surface area (Å²) in [6.45, 7) is 0.491. The minimum Gasteiger partial charge on any atom is -0.338 e. The molecule has 0 atom stereocenters. The van der Waals surface area contributed by atoms with Crippen LogP contribution in [0.5, 0.6) is 0 Å². The van der Waals surface area contributed by atoms with E-state index in [9.17, 15) is 18.0 Å². The minimum atomic E-state index is -4.48. The Morgan fingerprint density at radius 1 is 1.14 bits per heavy atom. The van der Waals surface area contributed by atoms with E-state index < -0.39 is 17.8 Å². The van der Waals surface area contributed by atoms with Gasteiger partial charge in [-0.05, 0) is 24.5 Å². The van der Waals surface area contributed by atoms with Crippen LogP contribution in [0.2, 0.25) is 0 Å². The summed E-state index contributed by atoms with van der Waals surface area (Å²) in [5.74, 6) is 0.622. The number of nitrogens with one attached hydrogen (secondary N) is 2. The Bertz CT molecular complexity index is 496. The average molecular weight is 314 g/mol. The number of halogens is 3. The molecular weight excluding hydrogens is 293 g/mol. The first-order chi connectivity index (χ1) is 10.5. The van der Waals surface area contributed by atoms with Gasteiger partial charge in [-0.2, -0.15) is 13.2 Å². The average Bonchev–Trinajstić information content (AvgIpc) is 2.48. The van der Waals surface area contributed by atoms with Gasteiger partial charge < -0.3 is 10.6 Å². The number of alkyl halides is 3. The van der Waals surface area contributed by atoms with E-state index >= 15 is 0 Å². The van der Waals surface area contributed by atoms with E-state index in [0.717, 1.165) is 12.5 Å². The van der Waals surface area contributed by atoms with Crippen LogP contribution in [-0.4, -0.2) is 12.6 Å². The highest BCUT2D eigenvalue weighted by atomic mass is 19.4. The lowest BCUT2D eigenvalue weighted by molar-refractivity contribution is -0.136. The van der Waals surface area contributed by atoms with Crippen molar-refractivity contribution in [3.63, 3.8) is 0 Å². The Balaban J connectivity index is 1.82. The minimum absolute atomic E-state index is 0.217. The molecule has 3 nitrogen and oxygen atoms in total. The van der Waals surface area contributed by atoms with Crippen molar-refractivity contribution in [3.05, 3.63) is 29.8 Å². The summed E-state index contributed by atoms with van der Waals surface area (Å²) >= 11 is 0. The smallest absolute Gasteiger partial charge is 0.338 e. The van der Waals surface area contributed by atoms with E-state index in [-0.39, 0.29) is 5.69 Å². The van der Waals surface area contributed by atoms with Crippen molar-refractivity contribution < 1.29 is 18.0 Å². The zero-order valence-corrected chi connectivity index (χ0v) is 12.4. The third-order valence-electron chi connectivity index (χ3n) is 4.04. The van der Waals surface area contributed by atoms with Crippen molar-refractivity contribution in [3.8, 4) is 0 Å². The van der Waals surface area contributed by atoms with Crippen LogP contribution in [0.25, 0.3) is 0 Å². The number of carbonyl (C=O) groups excluding carboxylic acids is 1. The molecule has 1 aliphatic carbocycles. The second-order valence-corrected chi connectivity index (χ2v) is 5.72. The fourth-order valence-electron chi connectivity index (χ4n) is 2.87. The molecule has 22 heavy (non-hydrogen) atoms. The number of rotatable bonds is 4. The second-order valence-electron chi connectivity index (χ2n) is 5.72. The van der Waals surface area contributed by atoms with Crippen LogP contribution in [0, 0.1) is 5.92 Å². The SMILES string of the molecule is O=C(NCCC1CCCCC1)Nc1ccccc1C(F)(F)F. The third kappa shape index (κ3) is 4.93. The molecule has 0 spiro atoms. The number of hydrogen-bond donors (Lipinski definition) is 2. The van der Waals surface area contributed by atoms with Crippen LogP contribution in [0.15, 0.2) is 24.3 Å². The number of hydrogen-bond acceptors (Lipinski definition) is 1.